The van der Waals surface area contributed by atoms with Crippen LogP contribution in [0.25, 0.3) is 0 Å². The Morgan fingerprint density at radius 3 is 2.55 bits per heavy atom. The number of hydrogen-bond donors (Lipinski definition) is 2. The Labute approximate surface area is 127 Å². The van der Waals surface area contributed by atoms with Gasteiger partial charge in [-0.3, -0.25) is 9.52 Å². The van der Waals surface area contributed by atoms with E-state index in [1.165, 1.54) is 0 Å². The van der Waals surface area contributed by atoms with E-state index in [0.717, 1.165) is 30.5 Å². The molecular formula is C11H7BrClFN2O3S. The number of H-pyrrole nitrogens is 1. The van der Waals surface area contributed by atoms with Gasteiger partial charge in [0.15, 0.2) is 0 Å². The lowest BCUT2D eigenvalue weighted by atomic mass is 10.3. The van der Waals surface area contributed by atoms with Gasteiger partial charge in [-0.15, -0.1) is 0 Å². The number of halogens is 3. The second-order valence-corrected chi connectivity index (χ2v) is 6.68. The van der Waals surface area contributed by atoms with E-state index in [1.807, 2.05) is 0 Å². The summed E-state index contributed by atoms with van der Waals surface area (Å²) in [4.78, 5) is 13.0. The van der Waals surface area contributed by atoms with E-state index in [1.54, 1.807) is 0 Å². The largest absolute Gasteiger partial charge is 0.328 e. The Morgan fingerprint density at radius 2 is 2.00 bits per heavy atom. The first-order valence-electron chi connectivity index (χ1n) is 5.16. The fourth-order valence-electron chi connectivity index (χ4n) is 1.40. The van der Waals surface area contributed by atoms with Crippen molar-refractivity contribution >= 4 is 43.2 Å². The van der Waals surface area contributed by atoms with Crippen LogP contribution in [0, 0.1) is 5.82 Å². The highest BCUT2D eigenvalue weighted by molar-refractivity contribution is 9.10. The molecule has 1 aromatic heterocycles. The molecule has 0 bridgehead atoms. The number of nitrogens with one attached hydrogen (secondary N) is 2. The lowest BCUT2D eigenvalue weighted by Crippen LogP contribution is -2.15. The molecule has 0 unspecified atom stereocenters. The van der Waals surface area contributed by atoms with Crippen LogP contribution in [0.5, 0.6) is 0 Å². The minimum absolute atomic E-state index is 0.0132. The average Bonchev–Trinajstić information content (AvgIpc) is 2.34. The summed E-state index contributed by atoms with van der Waals surface area (Å²) >= 11 is 8.82. The average molecular weight is 382 g/mol. The number of rotatable bonds is 3. The van der Waals surface area contributed by atoms with Crippen LogP contribution in [0.1, 0.15) is 0 Å². The smallest absolute Gasteiger partial charge is 0.263 e. The lowest BCUT2D eigenvalue weighted by molar-refractivity contribution is 0.600. The van der Waals surface area contributed by atoms with Crippen molar-refractivity contribution in [1.29, 1.82) is 0 Å². The van der Waals surface area contributed by atoms with Gasteiger partial charge in [-0.1, -0.05) is 11.6 Å². The van der Waals surface area contributed by atoms with E-state index in [-0.39, 0.29) is 20.1 Å². The predicted octanol–water partition coefficient (Wildman–Crippen LogP) is 2.73. The molecule has 1 heterocycles. The van der Waals surface area contributed by atoms with Crippen molar-refractivity contribution in [3.8, 4) is 0 Å². The number of benzene rings is 1. The highest BCUT2D eigenvalue weighted by atomic mass is 79.9. The molecule has 0 amide bonds. The summed E-state index contributed by atoms with van der Waals surface area (Å²) in [6.07, 6.45) is 1.05. The van der Waals surface area contributed by atoms with Gasteiger partial charge in [-0.2, -0.15) is 0 Å². The molecule has 0 aliphatic carbocycles. The number of aromatic nitrogens is 1. The standard InChI is InChI=1S/C11H7BrClFN2O3S/c12-8-3-6(14)4-9(13)11(8)16-20(18,19)7-1-2-10(17)15-5-7/h1-5,16H,(H,15,17). The first-order valence-corrected chi connectivity index (χ1v) is 7.81. The van der Waals surface area contributed by atoms with Crippen molar-refractivity contribution in [3.05, 3.63) is 56.1 Å². The maximum atomic E-state index is 13.1. The topological polar surface area (TPSA) is 79.0 Å². The van der Waals surface area contributed by atoms with Crippen LogP contribution in [0.2, 0.25) is 5.02 Å². The Kier molecular flexibility index (Phi) is 4.17. The molecule has 0 saturated carbocycles. The summed E-state index contributed by atoms with van der Waals surface area (Å²) in [5.74, 6) is -0.603. The van der Waals surface area contributed by atoms with E-state index >= 15 is 0 Å². The molecule has 0 fully saturated rings. The maximum Gasteiger partial charge on any atom is 0.263 e. The Morgan fingerprint density at radius 1 is 1.30 bits per heavy atom. The van der Waals surface area contributed by atoms with E-state index in [9.17, 15) is 17.6 Å². The number of hydrogen-bond acceptors (Lipinski definition) is 3. The zero-order valence-corrected chi connectivity index (χ0v) is 12.8. The van der Waals surface area contributed by atoms with Crippen LogP contribution in [-0.4, -0.2) is 13.4 Å². The van der Waals surface area contributed by atoms with E-state index in [0.29, 0.717) is 0 Å². The van der Waals surface area contributed by atoms with Crippen molar-refractivity contribution in [2.75, 3.05) is 4.72 Å². The fraction of sp³-hybridized carbons (Fsp3) is 0. The van der Waals surface area contributed by atoms with Crippen LogP contribution in [-0.2, 0) is 10.0 Å². The molecule has 0 spiro atoms. The second-order valence-electron chi connectivity index (χ2n) is 3.74. The minimum Gasteiger partial charge on any atom is -0.328 e. The van der Waals surface area contributed by atoms with Crippen molar-refractivity contribution in [2.24, 2.45) is 0 Å². The molecule has 0 atom stereocenters. The Bertz CT molecular complexity index is 779. The van der Waals surface area contributed by atoms with Crippen LogP contribution < -0.4 is 10.3 Å². The highest BCUT2D eigenvalue weighted by Gasteiger charge is 2.18. The van der Waals surface area contributed by atoms with Gasteiger partial charge in [0, 0.05) is 16.7 Å². The third kappa shape index (κ3) is 3.20. The molecule has 2 aromatic rings. The summed E-state index contributed by atoms with van der Waals surface area (Å²) in [5, 5.41) is -0.0927. The number of aromatic amines is 1. The van der Waals surface area contributed by atoms with Crippen molar-refractivity contribution in [1.82, 2.24) is 4.98 Å². The van der Waals surface area contributed by atoms with Crippen molar-refractivity contribution in [3.63, 3.8) is 0 Å². The summed E-state index contributed by atoms with van der Waals surface area (Å²) in [6.45, 7) is 0. The van der Waals surface area contributed by atoms with Gasteiger partial charge in [-0.25, -0.2) is 12.8 Å². The zero-order chi connectivity index (χ0) is 14.9. The quantitative estimate of drug-likeness (QED) is 0.858. The van der Waals surface area contributed by atoms with Gasteiger partial charge >= 0.3 is 0 Å². The SMILES string of the molecule is O=c1ccc(S(=O)(=O)Nc2c(Cl)cc(F)cc2Br)c[nH]1. The summed E-state index contributed by atoms with van der Waals surface area (Å²) in [7, 11) is -3.94. The molecule has 2 N–H and O–H groups in total. The van der Waals surface area contributed by atoms with Gasteiger partial charge < -0.3 is 4.98 Å². The molecule has 0 radical (unpaired) electrons. The van der Waals surface area contributed by atoms with Crippen LogP contribution in [0.15, 0.2) is 44.6 Å². The third-order valence-electron chi connectivity index (χ3n) is 2.31. The first kappa shape index (κ1) is 15.0. The summed E-state index contributed by atoms with van der Waals surface area (Å²) in [5.41, 5.74) is -0.413. The zero-order valence-electron chi connectivity index (χ0n) is 9.65. The number of pyridine rings is 1. The normalized spacial score (nSPS) is 11.3. The lowest BCUT2D eigenvalue weighted by Gasteiger charge is -2.11. The highest BCUT2D eigenvalue weighted by Crippen LogP contribution is 2.33. The van der Waals surface area contributed by atoms with E-state index in [4.69, 9.17) is 11.6 Å². The van der Waals surface area contributed by atoms with Gasteiger partial charge in [-0.05, 0) is 34.1 Å². The van der Waals surface area contributed by atoms with Gasteiger partial charge in [0.05, 0.1) is 10.7 Å². The third-order valence-corrected chi connectivity index (χ3v) is 4.58. The monoisotopic (exact) mass is 380 g/mol. The first-order chi connectivity index (χ1) is 9.29. The van der Waals surface area contributed by atoms with Crippen LogP contribution >= 0.6 is 27.5 Å². The molecule has 0 saturated heterocycles. The Balaban J connectivity index is 2.43. The van der Waals surface area contributed by atoms with Crippen LogP contribution in [0.4, 0.5) is 10.1 Å². The predicted molar refractivity (Wildman–Crippen MR) is 77.0 cm³/mol. The molecule has 1 aromatic carbocycles. The summed E-state index contributed by atoms with van der Waals surface area (Å²) < 4.78 is 39.7. The van der Waals surface area contributed by atoms with Gasteiger partial charge in [0.1, 0.15) is 10.7 Å². The number of anilines is 1. The van der Waals surface area contributed by atoms with E-state index < -0.39 is 21.4 Å². The van der Waals surface area contributed by atoms with Crippen LogP contribution in [0.3, 0.4) is 0 Å². The molecule has 20 heavy (non-hydrogen) atoms. The molecular weight excluding hydrogens is 375 g/mol. The minimum atomic E-state index is -3.94. The van der Waals surface area contributed by atoms with Crippen molar-refractivity contribution in [2.45, 2.75) is 4.90 Å². The molecule has 0 aliphatic rings. The van der Waals surface area contributed by atoms with E-state index in [2.05, 4.69) is 25.6 Å². The molecule has 5 nitrogen and oxygen atoms in total. The maximum absolute atomic E-state index is 13.1. The Hall–Kier alpha value is -1.38. The fourth-order valence-corrected chi connectivity index (χ4v) is 3.55. The molecule has 9 heteroatoms. The molecule has 106 valence electrons. The van der Waals surface area contributed by atoms with Gasteiger partial charge in [0.2, 0.25) is 5.56 Å². The number of sulfonamides is 1. The summed E-state index contributed by atoms with van der Waals surface area (Å²) in [6, 6.07) is 4.29. The van der Waals surface area contributed by atoms with Crippen molar-refractivity contribution < 1.29 is 12.8 Å². The van der Waals surface area contributed by atoms with Gasteiger partial charge in [0.25, 0.3) is 10.0 Å². The molecule has 0 aliphatic heterocycles. The second kappa shape index (κ2) is 5.55. The molecule has 2 rings (SSSR count).